The van der Waals surface area contributed by atoms with Gasteiger partial charge < -0.3 is 10.2 Å². The molecule has 5 heteroatoms. The molecule has 0 aromatic carbocycles. The number of aromatic nitrogens is 3. The average Bonchev–Trinajstić information content (AvgIpc) is 2.27. The third-order valence-corrected chi connectivity index (χ3v) is 2.30. The average molecular weight is 209 g/mol. The first-order valence-electron chi connectivity index (χ1n) is 5.37. The molecule has 15 heavy (non-hydrogen) atoms. The molecule has 0 fully saturated rings. The highest BCUT2D eigenvalue weighted by Gasteiger charge is 2.07. The molecule has 1 aromatic rings. The van der Waals surface area contributed by atoms with Gasteiger partial charge in [0.15, 0.2) is 5.82 Å². The molecule has 1 rings (SSSR count). The summed E-state index contributed by atoms with van der Waals surface area (Å²) in [4.78, 5) is 6.27. The summed E-state index contributed by atoms with van der Waals surface area (Å²) in [6.07, 6.45) is 3.12. The van der Waals surface area contributed by atoms with Gasteiger partial charge in [0.1, 0.15) is 6.33 Å². The Kier molecular flexibility index (Phi) is 4.97. The minimum absolute atomic E-state index is 0.350. The Morgan fingerprint density at radius 3 is 2.67 bits per heavy atom. The largest absolute Gasteiger partial charge is 0.364 e. The smallest absolute Gasteiger partial charge is 0.167 e. The van der Waals surface area contributed by atoms with Gasteiger partial charge in [-0.05, 0) is 20.0 Å². The molecule has 84 valence electrons. The van der Waals surface area contributed by atoms with Crippen LogP contribution in [-0.2, 0) is 0 Å². The molecule has 1 heterocycles. The van der Waals surface area contributed by atoms with Crippen molar-refractivity contribution in [3.63, 3.8) is 0 Å². The second-order valence-electron chi connectivity index (χ2n) is 3.53. The fourth-order valence-corrected chi connectivity index (χ4v) is 1.48. The van der Waals surface area contributed by atoms with Crippen LogP contribution in [0.25, 0.3) is 0 Å². The molecule has 0 aliphatic carbocycles. The lowest BCUT2D eigenvalue weighted by molar-refractivity contribution is 0.294. The van der Waals surface area contributed by atoms with Gasteiger partial charge in [0.25, 0.3) is 0 Å². The topological polar surface area (TPSA) is 53.9 Å². The van der Waals surface area contributed by atoms with Gasteiger partial charge in [0, 0.05) is 12.6 Å². The van der Waals surface area contributed by atoms with E-state index in [1.54, 1.807) is 6.20 Å². The predicted octanol–water partition coefficient (Wildman–Crippen LogP) is 1.01. The summed E-state index contributed by atoms with van der Waals surface area (Å²) >= 11 is 0. The summed E-state index contributed by atoms with van der Waals surface area (Å²) in [5.74, 6) is 0.733. The molecule has 5 nitrogen and oxygen atoms in total. The molecule has 1 unspecified atom stereocenters. The Hall–Kier alpha value is -1.23. The Balaban J connectivity index is 2.39. The Labute approximate surface area is 90.9 Å². The molecule has 0 amide bonds. The number of anilines is 1. The monoisotopic (exact) mass is 209 g/mol. The Bertz CT molecular complexity index is 260. The van der Waals surface area contributed by atoms with Gasteiger partial charge in [-0.3, -0.25) is 0 Å². The third-order valence-electron chi connectivity index (χ3n) is 2.30. The van der Waals surface area contributed by atoms with Gasteiger partial charge in [-0.2, -0.15) is 0 Å². The zero-order chi connectivity index (χ0) is 11.1. The molecule has 1 aromatic heterocycles. The Morgan fingerprint density at radius 1 is 1.40 bits per heavy atom. The lowest BCUT2D eigenvalue weighted by Gasteiger charge is -2.23. The van der Waals surface area contributed by atoms with Gasteiger partial charge in [-0.25, -0.2) is 4.98 Å². The van der Waals surface area contributed by atoms with E-state index in [1.807, 2.05) is 0 Å². The van der Waals surface area contributed by atoms with Crippen molar-refractivity contribution in [2.45, 2.75) is 26.8 Å². The molecular weight excluding hydrogens is 190 g/mol. The lowest BCUT2D eigenvalue weighted by atomic mass is 10.3. The van der Waals surface area contributed by atoms with Crippen LogP contribution in [0.1, 0.15) is 20.8 Å². The fraction of sp³-hybridized carbons (Fsp3) is 0.700. The van der Waals surface area contributed by atoms with Crippen molar-refractivity contribution in [2.24, 2.45) is 0 Å². The molecule has 1 N–H and O–H groups in total. The van der Waals surface area contributed by atoms with Gasteiger partial charge >= 0.3 is 0 Å². The molecule has 0 bridgehead atoms. The van der Waals surface area contributed by atoms with Crippen LogP contribution in [0.15, 0.2) is 12.5 Å². The quantitative estimate of drug-likeness (QED) is 0.758. The molecule has 0 spiro atoms. The van der Waals surface area contributed by atoms with Crippen LogP contribution >= 0.6 is 0 Å². The summed E-state index contributed by atoms with van der Waals surface area (Å²) in [5.41, 5.74) is 0. The zero-order valence-corrected chi connectivity index (χ0v) is 9.64. The van der Waals surface area contributed by atoms with E-state index in [9.17, 15) is 0 Å². The standard InChI is InChI=1S/C10H19N5/c1-4-15(5-2)7-9(3)13-10-6-11-8-12-14-10/h6,8-9H,4-5,7H2,1-3H3,(H,13,14). The minimum atomic E-state index is 0.350. The van der Waals surface area contributed by atoms with E-state index >= 15 is 0 Å². The van der Waals surface area contributed by atoms with E-state index in [2.05, 4.69) is 46.2 Å². The fourth-order valence-electron chi connectivity index (χ4n) is 1.48. The first-order valence-corrected chi connectivity index (χ1v) is 5.37. The Morgan fingerprint density at radius 2 is 2.13 bits per heavy atom. The normalized spacial score (nSPS) is 12.8. The van der Waals surface area contributed by atoms with Crippen LogP contribution < -0.4 is 5.32 Å². The highest BCUT2D eigenvalue weighted by Crippen LogP contribution is 2.01. The van der Waals surface area contributed by atoms with E-state index < -0.39 is 0 Å². The minimum Gasteiger partial charge on any atom is -0.364 e. The van der Waals surface area contributed by atoms with Crippen molar-refractivity contribution in [3.05, 3.63) is 12.5 Å². The summed E-state index contributed by atoms with van der Waals surface area (Å²) in [6, 6.07) is 0.350. The maximum Gasteiger partial charge on any atom is 0.167 e. The van der Waals surface area contributed by atoms with Gasteiger partial charge in [-0.15, -0.1) is 10.2 Å². The number of nitrogens with zero attached hydrogens (tertiary/aromatic N) is 4. The van der Waals surface area contributed by atoms with Gasteiger partial charge in [-0.1, -0.05) is 13.8 Å². The van der Waals surface area contributed by atoms with Crippen molar-refractivity contribution in [3.8, 4) is 0 Å². The van der Waals surface area contributed by atoms with E-state index in [4.69, 9.17) is 0 Å². The zero-order valence-electron chi connectivity index (χ0n) is 9.64. The molecule has 1 atom stereocenters. The van der Waals surface area contributed by atoms with Crippen LogP contribution in [0.5, 0.6) is 0 Å². The molecule has 0 aliphatic heterocycles. The van der Waals surface area contributed by atoms with Crippen LogP contribution in [-0.4, -0.2) is 45.8 Å². The molecule has 0 saturated heterocycles. The number of nitrogens with one attached hydrogen (secondary N) is 1. The van der Waals surface area contributed by atoms with Gasteiger partial charge in [0.2, 0.25) is 0 Å². The highest BCUT2D eigenvalue weighted by atomic mass is 15.2. The first-order chi connectivity index (χ1) is 7.26. The van der Waals surface area contributed by atoms with E-state index in [1.165, 1.54) is 6.33 Å². The first kappa shape index (κ1) is 11.8. The third kappa shape index (κ3) is 4.20. The van der Waals surface area contributed by atoms with Crippen LogP contribution in [0.4, 0.5) is 5.82 Å². The second kappa shape index (κ2) is 6.29. The van der Waals surface area contributed by atoms with Crippen LogP contribution in [0.2, 0.25) is 0 Å². The number of hydrogen-bond acceptors (Lipinski definition) is 5. The van der Waals surface area contributed by atoms with Crippen LogP contribution in [0.3, 0.4) is 0 Å². The van der Waals surface area contributed by atoms with E-state index in [0.29, 0.717) is 6.04 Å². The van der Waals surface area contributed by atoms with Gasteiger partial charge in [0.05, 0.1) is 6.20 Å². The number of hydrogen-bond donors (Lipinski definition) is 1. The van der Waals surface area contributed by atoms with Crippen molar-refractivity contribution in [1.82, 2.24) is 20.1 Å². The summed E-state index contributed by atoms with van der Waals surface area (Å²) in [5, 5.41) is 10.9. The lowest BCUT2D eigenvalue weighted by Crippen LogP contribution is -2.35. The maximum absolute atomic E-state index is 3.94. The molecule has 0 saturated carbocycles. The highest BCUT2D eigenvalue weighted by molar-refractivity contribution is 5.29. The maximum atomic E-state index is 3.94. The molecule has 0 radical (unpaired) electrons. The SMILES string of the molecule is CCN(CC)CC(C)Nc1cncnn1. The van der Waals surface area contributed by atoms with Crippen molar-refractivity contribution < 1.29 is 0 Å². The van der Waals surface area contributed by atoms with E-state index in [0.717, 1.165) is 25.5 Å². The van der Waals surface area contributed by atoms with Crippen LogP contribution in [0, 0.1) is 0 Å². The predicted molar refractivity (Wildman–Crippen MR) is 60.7 cm³/mol. The van der Waals surface area contributed by atoms with Crippen molar-refractivity contribution in [1.29, 1.82) is 0 Å². The number of rotatable bonds is 6. The molecular formula is C10H19N5. The summed E-state index contributed by atoms with van der Waals surface area (Å²) in [6.45, 7) is 9.61. The summed E-state index contributed by atoms with van der Waals surface area (Å²) < 4.78 is 0. The summed E-state index contributed by atoms with van der Waals surface area (Å²) in [7, 11) is 0. The van der Waals surface area contributed by atoms with Crippen molar-refractivity contribution in [2.75, 3.05) is 25.0 Å². The second-order valence-corrected chi connectivity index (χ2v) is 3.53. The molecule has 0 aliphatic rings. The van der Waals surface area contributed by atoms with E-state index in [-0.39, 0.29) is 0 Å². The number of likely N-dealkylation sites (N-methyl/N-ethyl adjacent to an activating group) is 1. The van der Waals surface area contributed by atoms with Crippen molar-refractivity contribution >= 4 is 5.82 Å².